The fourth-order valence-corrected chi connectivity index (χ4v) is 2.03. The average molecular weight is 250 g/mol. The molecule has 2 rings (SSSR count). The zero-order valence-electron chi connectivity index (χ0n) is 11.2. The van der Waals surface area contributed by atoms with Crippen LogP contribution in [0.25, 0.3) is 0 Å². The maximum absolute atomic E-state index is 11.3. The SMILES string of the molecule is CCNC(=O)NCCc1ncc(C)n1CC1CC1. The number of imidazole rings is 1. The van der Waals surface area contributed by atoms with Crippen LogP contribution in [0.5, 0.6) is 0 Å². The Bertz CT molecular complexity index is 409. The molecule has 0 saturated heterocycles. The number of carbonyl (C=O) groups is 1. The molecule has 0 aliphatic heterocycles. The molecule has 2 amide bonds. The first-order chi connectivity index (χ1) is 8.70. The Hall–Kier alpha value is -1.52. The van der Waals surface area contributed by atoms with Crippen LogP contribution < -0.4 is 10.6 Å². The minimum atomic E-state index is -0.102. The second kappa shape index (κ2) is 5.89. The van der Waals surface area contributed by atoms with Crippen LogP contribution in [-0.2, 0) is 13.0 Å². The molecule has 0 spiro atoms. The first-order valence-corrected chi connectivity index (χ1v) is 6.73. The van der Waals surface area contributed by atoms with Crippen molar-refractivity contribution >= 4 is 6.03 Å². The molecule has 0 aromatic carbocycles. The van der Waals surface area contributed by atoms with Gasteiger partial charge in [0.2, 0.25) is 0 Å². The van der Waals surface area contributed by atoms with Gasteiger partial charge in [0.15, 0.2) is 0 Å². The lowest BCUT2D eigenvalue weighted by Crippen LogP contribution is -2.36. The lowest BCUT2D eigenvalue weighted by Gasteiger charge is -2.10. The van der Waals surface area contributed by atoms with E-state index in [0.717, 1.165) is 24.7 Å². The van der Waals surface area contributed by atoms with Gasteiger partial charge in [-0.15, -0.1) is 0 Å². The predicted octanol–water partition coefficient (Wildman–Crippen LogP) is 1.46. The third kappa shape index (κ3) is 3.48. The van der Waals surface area contributed by atoms with Gasteiger partial charge in [-0.05, 0) is 32.6 Å². The van der Waals surface area contributed by atoms with Gasteiger partial charge in [0.25, 0.3) is 0 Å². The minimum Gasteiger partial charge on any atom is -0.338 e. The van der Waals surface area contributed by atoms with Gasteiger partial charge in [0.05, 0.1) is 0 Å². The summed E-state index contributed by atoms with van der Waals surface area (Å²) >= 11 is 0. The predicted molar refractivity (Wildman–Crippen MR) is 70.5 cm³/mol. The number of amides is 2. The fourth-order valence-electron chi connectivity index (χ4n) is 2.03. The molecule has 1 aliphatic rings. The quantitative estimate of drug-likeness (QED) is 0.803. The van der Waals surface area contributed by atoms with Crippen LogP contribution in [0.15, 0.2) is 6.20 Å². The van der Waals surface area contributed by atoms with E-state index in [1.165, 1.54) is 18.5 Å². The topological polar surface area (TPSA) is 59.0 Å². The van der Waals surface area contributed by atoms with Crippen LogP contribution in [-0.4, -0.2) is 28.7 Å². The van der Waals surface area contributed by atoms with Gasteiger partial charge >= 0.3 is 6.03 Å². The van der Waals surface area contributed by atoms with Crippen LogP contribution >= 0.6 is 0 Å². The van der Waals surface area contributed by atoms with Crippen molar-refractivity contribution in [1.29, 1.82) is 0 Å². The number of nitrogens with zero attached hydrogens (tertiary/aromatic N) is 2. The van der Waals surface area contributed by atoms with E-state index in [2.05, 4.69) is 27.1 Å². The van der Waals surface area contributed by atoms with E-state index in [-0.39, 0.29) is 6.03 Å². The summed E-state index contributed by atoms with van der Waals surface area (Å²) in [6.07, 6.45) is 5.39. The molecule has 5 nitrogen and oxygen atoms in total. The molecule has 1 aromatic rings. The van der Waals surface area contributed by atoms with Gasteiger partial charge in [-0.3, -0.25) is 0 Å². The Morgan fingerprint density at radius 1 is 1.50 bits per heavy atom. The maximum Gasteiger partial charge on any atom is 0.314 e. The molecule has 0 bridgehead atoms. The average Bonchev–Trinajstić information content (AvgIpc) is 3.08. The number of aromatic nitrogens is 2. The highest BCUT2D eigenvalue weighted by molar-refractivity contribution is 5.73. The molecule has 1 heterocycles. The van der Waals surface area contributed by atoms with Crippen molar-refractivity contribution in [3.63, 3.8) is 0 Å². The third-order valence-electron chi connectivity index (χ3n) is 3.25. The number of urea groups is 1. The molecule has 2 N–H and O–H groups in total. The highest BCUT2D eigenvalue weighted by Gasteiger charge is 2.23. The summed E-state index contributed by atoms with van der Waals surface area (Å²) in [7, 11) is 0. The molecule has 0 unspecified atom stereocenters. The lowest BCUT2D eigenvalue weighted by molar-refractivity contribution is 0.241. The van der Waals surface area contributed by atoms with Crippen LogP contribution in [0.1, 0.15) is 31.3 Å². The molecular formula is C13H22N4O. The van der Waals surface area contributed by atoms with E-state index >= 15 is 0 Å². The van der Waals surface area contributed by atoms with Gasteiger partial charge in [-0.25, -0.2) is 9.78 Å². The van der Waals surface area contributed by atoms with E-state index in [1.54, 1.807) is 0 Å². The van der Waals surface area contributed by atoms with E-state index in [0.29, 0.717) is 13.1 Å². The summed E-state index contributed by atoms with van der Waals surface area (Å²) in [5.41, 5.74) is 1.22. The molecular weight excluding hydrogens is 228 g/mol. The van der Waals surface area contributed by atoms with Crippen molar-refractivity contribution < 1.29 is 4.79 Å². The van der Waals surface area contributed by atoms with Crippen LogP contribution in [0.2, 0.25) is 0 Å². The molecule has 1 aromatic heterocycles. The van der Waals surface area contributed by atoms with Crippen molar-refractivity contribution in [2.24, 2.45) is 5.92 Å². The van der Waals surface area contributed by atoms with Gasteiger partial charge in [-0.2, -0.15) is 0 Å². The van der Waals surface area contributed by atoms with Gasteiger partial charge in [0, 0.05) is 37.9 Å². The molecule has 18 heavy (non-hydrogen) atoms. The molecule has 1 saturated carbocycles. The maximum atomic E-state index is 11.3. The van der Waals surface area contributed by atoms with Crippen LogP contribution in [0.4, 0.5) is 4.79 Å². The number of rotatable bonds is 6. The Labute approximate surface area is 108 Å². The Kier molecular flexibility index (Phi) is 4.23. The Morgan fingerprint density at radius 2 is 2.28 bits per heavy atom. The standard InChI is InChI=1S/C13H22N4O/c1-3-14-13(18)15-7-6-12-16-8-10(2)17(12)9-11-4-5-11/h8,11H,3-7,9H2,1-2H3,(H2,14,15,18). The normalized spacial score (nSPS) is 14.6. The van der Waals surface area contributed by atoms with Crippen molar-refractivity contribution in [2.75, 3.05) is 13.1 Å². The number of carbonyl (C=O) groups excluding carboxylic acids is 1. The number of nitrogens with one attached hydrogen (secondary N) is 2. The largest absolute Gasteiger partial charge is 0.338 e. The summed E-state index contributed by atoms with van der Waals surface area (Å²) in [5.74, 6) is 1.92. The number of hydrogen-bond acceptors (Lipinski definition) is 2. The zero-order chi connectivity index (χ0) is 13.0. The smallest absolute Gasteiger partial charge is 0.314 e. The van der Waals surface area contributed by atoms with Gasteiger partial charge < -0.3 is 15.2 Å². The Balaban J connectivity index is 1.82. The molecule has 0 atom stereocenters. The minimum absolute atomic E-state index is 0.102. The monoisotopic (exact) mass is 250 g/mol. The zero-order valence-corrected chi connectivity index (χ0v) is 11.2. The van der Waals surface area contributed by atoms with Crippen molar-refractivity contribution in [2.45, 2.75) is 39.7 Å². The molecule has 5 heteroatoms. The highest BCUT2D eigenvalue weighted by Crippen LogP contribution is 2.31. The summed E-state index contributed by atoms with van der Waals surface area (Å²) in [6.45, 7) is 6.37. The van der Waals surface area contributed by atoms with Crippen molar-refractivity contribution in [3.05, 3.63) is 17.7 Å². The first kappa shape index (κ1) is 12.9. The van der Waals surface area contributed by atoms with Gasteiger partial charge in [-0.1, -0.05) is 0 Å². The molecule has 0 radical (unpaired) electrons. The van der Waals surface area contributed by atoms with Gasteiger partial charge in [0.1, 0.15) is 5.82 Å². The number of hydrogen-bond donors (Lipinski definition) is 2. The van der Waals surface area contributed by atoms with Crippen molar-refractivity contribution in [1.82, 2.24) is 20.2 Å². The van der Waals surface area contributed by atoms with Crippen LogP contribution in [0.3, 0.4) is 0 Å². The highest BCUT2D eigenvalue weighted by atomic mass is 16.2. The molecule has 1 fully saturated rings. The lowest BCUT2D eigenvalue weighted by atomic mass is 10.3. The summed E-state index contributed by atoms with van der Waals surface area (Å²) < 4.78 is 2.29. The molecule has 100 valence electrons. The number of aryl methyl sites for hydroxylation is 1. The summed E-state index contributed by atoms with van der Waals surface area (Å²) in [5, 5.41) is 5.55. The second-order valence-corrected chi connectivity index (χ2v) is 4.91. The third-order valence-corrected chi connectivity index (χ3v) is 3.25. The van der Waals surface area contributed by atoms with E-state index in [4.69, 9.17) is 0 Å². The van der Waals surface area contributed by atoms with Crippen molar-refractivity contribution in [3.8, 4) is 0 Å². The van der Waals surface area contributed by atoms with E-state index in [9.17, 15) is 4.79 Å². The van der Waals surface area contributed by atoms with E-state index < -0.39 is 0 Å². The fraction of sp³-hybridized carbons (Fsp3) is 0.692. The van der Waals surface area contributed by atoms with Crippen LogP contribution in [0, 0.1) is 12.8 Å². The summed E-state index contributed by atoms with van der Waals surface area (Å²) in [4.78, 5) is 15.7. The molecule has 1 aliphatic carbocycles. The summed E-state index contributed by atoms with van der Waals surface area (Å²) in [6, 6.07) is -0.102. The van der Waals surface area contributed by atoms with E-state index in [1.807, 2.05) is 13.1 Å². The first-order valence-electron chi connectivity index (χ1n) is 6.73. The second-order valence-electron chi connectivity index (χ2n) is 4.91. The Morgan fingerprint density at radius 3 is 2.94 bits per heavy atom.